The first-order valence-corrected chi connectivity index (χ1v) is 10.4. The summed E-state index contributed by atoms with van der Waals surface area (Å²) < 4.78 is 33.0. The van der Waals surface area contributed by atoms with Crippen molar-refractivity contribution in [3.05, 3.63) is 71.9 Å². The highest BCUT2D eigenvalue weighted by Gasteiger charge is 2.12. The van der Waals surface area contributed by atoms with Crippen LogP contribution in [-0.4, -0.2) is 27.8 Å². The van der Waals surface area contributed by atoms with Crippen LogP contribution in [0.2, 0.25) is 0 Å². The van der Waals surface area contributed by atoms with E-state index in [1.54, 1.807) is 24.3 Å². The largest absolute Gasteiger partial charge is 0.454 e. The molecule has 0 bridgehead atoms. The number of fused-ring (bicyclic) bond motifs is 1. The van der Waals surface area contributed by atoms with Gasteiger partial charge in [0.25, 0.3) is 0 Å². The van der Waals surface area contributed by atoms with Gasteiger partial charge in [-0.15, -0.1) is 0 Å². The standard InChI is InChI=1S/C20H21N3O5S/c21-29(25,26)17-7-4-15(5-8-17)10-12-23-20(24)22-11-2-1-3-16-6-9-18-19(13-16)28-14-27-18/h1-9,11,13H,10,12,14H2,(H2,21,25,26)(H2,22,23,24)/b3-1+,11-2+. The Labute approximate surface area is 169 Å². The van der Waals surface area contributed by atoms with E-state index >= 15 is 0 Å². The van der Waals surface area contributed by atoms with E-state index < -0.39 is 10.0 Å². The van der Waals surface area contributed by atoms with Crippen molar-refractivity contribution < 1.29 is 22.7 Å². The first-order valence-electron chi connectivity index (χ1n) is 8.81. The molecule has 0 fully saturated rings. The van der Waals surface area contributed by atoms with E-state index in [-0.39, 0.29) is 17.7 Å². The average Bonchev–Trinajstić information content (AvgIpc) is 3.15. The van der Waals surface area contributed by atoms with Gasteiger partial charge in [-0.3, -0.25) is 0 Å². The molecule has 29 heavy (non-hydrogen) atoms. The summed E-state index contributed by atoms with van der Waals surface area (Å²) in [6, 6.07) is 11.5. The van der Waals surface area contributed by atoms with Crippen molar-refractivity contribution in [2.45, 2.75) is 11.3 Å². The maximum Gasteiger partial charge on any atom is 0.318 e. The summed E-state index contributed by atoms with van der Waals surface area (Å²) in [5.74, 6) is 1.45. The number of carbonyl (C=O) groups is 1. The minimum absolute atomic E-state index is 0.0610. The van der Waals surface area contributed by atoms with Crippen LogP contribution >= 0.6 is 0 Å². The summed E-state index contributed by atoms with van der Waals surface area (Å²) in [6.07, 6.45) is 7.47. The molecule has 3 rings (SSSR count). The second-order valence-electron chi connectivity index (χ2n) is 6.17. The smallest absolute Gasteiger partial charge is 0.318 e. The molecule has 0 aliphatic carbocycles. The van der Waals surface area contributed by atoms with Gasteiger partial charge in [0.05, 0.1) is 4.90 Å². The molecule has 1 aliphatic heterocycles. The van der Waals surface area contributed by atoms with Crippen LogP contribution in [0.4, 0.5) is 4.79 Å². The first-order chi connectivity index (χ1) is 13.9. The minimum atomic E-state index is -3.69. The Morgan fingerprint density at radius 3 is 2.59 bits per heavy atom. The maximum absolute atomic E-state index is 11.8. The van der Waals surface area contributed by atoms with Gasteiger partial charge in [0.2, 0.25) is 16.8 Å². The number of primary sulfonamides is 1. The number of nitrogens with two attached hydrogens (primary N) is 1. The number of hydrogen-bond donors (Lipinski definition) is 3. The van der Waals surface area contributed by atoms with Crippen LogP contribution in [0.25, 0.3) is 6.08 Å². The topological polar surface area (TPSA) is 120 Å². The summed E-state index contributed by atoms with van der Waals surface area (Å²) in [5.41, 5.74) is 1.84. The molecule has 152 valence electrons. The number of amides is 2. The average molecular weight is 415 g/mol. The minimum Gasteiger partial charge on any atom is -0.454 e. The number of allylic oxidation sites excluding steroid dienone is 2. The molecule has 0 atom stereocenters. The van der Waals surface area contributed by atoms with E-state index in [1.165, 1.54) is 18.3 Å². The predicted molar refractivity (Wildman–Crippen MR) is 109 cm³/mol. The summed E-state index contributed by atoms with van der Waals surface area (Å²) in [7, 11) is -3.69. The fourth-order valence-corrected chi connectivity index (χ4v) is 3.10. The number of sulfonamides is 1. The third-order valence-corrected chi connectivity index (χ3v) is 4.99. The van der Waals surface area contributed by atoms with Crippen LogP contribution in [0.1, 0.15) is 11.1 Å². The lowest BCUT2D eigenvalue weighted by Crippen LogP contribution is -2.33. The van der Waals surface area contributed by atoms with E-state index in [2.05, 4.69) is 10.6 Å². The van der Waals surface area contributed by atoms with Gasteiger partial charge in [0.15, 0.2) is 11.5 Å². The van der Waals surface area contributed by atoms with E-state index in [0.29, 0.717) is 18.7 Å². The number of nitrogens with one attached hydrogen (secondary N) is 2. The third-order valence-electron chi connectivity index (χ3n) is 4.06. The number of carbonyl (C=O) groups excluding carboxylic acids is 1. The van der Waals surface area contributed by atoms with Crippen LogP contribution in [0.3, 0.4) is 0 Å². The molecule has 2 aromatic rings. The second kappa shape index (κ2) is 9.26. The van der Waals surface area contributed by atoms with Crippen LogP contribution in [-0.2, 0) is 16.4 Å². The summed E-state index contributed by atoms with van der Waals surface area (Å²) in [4.78, 5) is 11.8. The zero-order chi connectivity index (χ0) is 20.7. The van der Waals surface area contributed by atoms with Crippen LogP contribution in [0.15, 0.2) is 65.7 Å². The number of hydrogen-bond acceptors (Lipinski definition) is 5. The summed E-state index contributed by atoms with van der Waals surface area (Å²) >= 11 is 0. The zero-order valence-corrected chi connectivity index (χ0v) is 16.3. The first kappa shape index (κ1) is 20.4. The fraction of sp³-hybridized carbons (Fsp3) is 0.150. The van der Waals surface area contributed by atoms with Gasteiger partial charge in [-0.05, 0) is 47.9 Å². The molecule has 2 amide bonds. The van der Waals surface area contributed by atoms with Gasteiger partial charge in [0, 0.05) is 12.7 Å². The van der Waals surface area contributed by atoms with Crippen molar-refractivity contribution in [3.63, 3.8) is 0 Å². The van der Waals surface area contributed by atoms with Crippen LogP contribution in [0.5, 0.6) is 11.5 Å². The Hall–Kier alpha value is -3.30. The number of benzene rings is 2. The van der Waals surface area contributed by atoms with Crippen molar-refractivity contribution in [1.29, 1.82) is 0 Å². The van der Waals surface area contributed by atoms with Crippen molar-refractivity contribution >= 4 is 22.1 Å². The normalized spacial score (nSPS) is 13.1. The predicted octanol–water partition coefficient (Wildman–Crippen LogP) is 2.13. The lowest BCUT2D eigenvalue weighted by molar-refractivity contribution is 0.174. The van der Waals surface area contributed by atoms with Crippen molar-refractivity contribution in [1.82, 2.24) is 10.6 Å². The van der Waals surface area contributed by atoms with E-state index in [9.17, 15) is 13.2 Å². The molecule has 1 aliphatic rings. The van der Waals surface area contributed by atoms with Gasteiger partial charge in [-0.25, -0.2) is 18.4 Å². The molecular weight excluding hydrogens is 394 g/mol. The van der Waals surface area contributed by atoms with Crippen molar-refractivity contribution in [3.8, 4) is 11.5 Å². The van der Waals surface area contributed by atoms with Crippen LogP contribution < -0.4 is 25.2 Å². The Kier molecular flexibility index (Phi) is 6.53. The molecule has 4 N–H and O–H groups in total. The molecule has 0 unspecified atom stereocenters. The van der Waals surface area contributed by atoms with Crippen LogP contribution in [0, 0.1) is 0 Å². The maximum atomic E-state index is 11.8. The Morgan fingerprint density at radius 2 is 1.83 bits per heavy atom. The third kappa shape index (κ3) is 6.09. The van der Waals surface area contributed by atoms with E-state index in [1.807, 2.05) is 24.3 Å². The number of urea groups is 1. The molecule has 8 nitrogen and oxygen atoms in total. The highest BCUT2D eigenvalue weighted by atomic mass is 32.2. The fourth-order valence-electron chi connectivity index (χ4n) is 2.58. The van der Waals surface area contributed by atoms with Gasteiger partial charge in [-0.1, -0.05) is 30.4 Å². The molecule has 2 aromatic carbocycles. The molecular formula is C20H21N3O5S. The molecule has 0 aromatic heterocycles. The Morgan fingerprint density at radius 1 is 1.07 bits per heavy atom. The lowest BCUT2D eigenvalue weighted by atomic mass is 10.1. The second-order valence-corrected chi connectivity index (χ2v) is 7.73. The van der Waals surface area contributed by atoms with Gasteiger partial charge in [-0.2, -0.15) is 0 Å². The zero-order valence-electron chi connectivity index (χ0n) is 15.5. The molecule has 0 saturated heterocycles. The lowest BCUT2D eigenvalue weighted by Gasteiger charge is -2.05. The molecule has 0 radical (unpaired) electrons. The SMILES string of the molecule is NS(=O)(=O)c1ccc(CCNC(=O)N/C=C/C=C/c2ccc3c(c2)OCO3)cc1. The van der Waals surface area contributed by atoms with E-state index in [0.717, 1.165) is 16.9 Å². The molecule has 0 saturated carbocycles. The van der Waals surface area contributed by atoms with E-state index in [4.69, 9.17) is 14.6 Å². The monoisotopic (exact) mass is 415 g/mol. The number of ether oxygens (including phenoxy) is 2. The molecule has 0 spiro atoms. The number of rotatable bonds is 7. The Bertz CT molecular complexity index is 1030. The molecule has 9 heteroatoms. The molecule has 1 heterocycles. The quantitative estimate of drug-likeness (QED) is 0.599. The van der Waals surface area contributed by atoms with Crippen molar-refractivity contribution in [2.75, 3.05) is 13.3 Å². The summed E-state index contributed by atoms with van der Waals surface area (Å²) in [6.45, 7) is 0.643. The van der Waals surface area contributed by atoms with Gasteiger partial charge < -0.3 is 20.1 Å². The Balaban J connectivity index is 1.37. The van der Waals surface area contributed by atoms with Crippen molar-refractivity contribution in [2.24, 2.45) is 5.14 Å². The highest BCUT2D eigenvalue weighted by molar-refractivity contribution is 7.89. The highest BCUT2D eigenvalue weighted by Crippen LogP contribution is 2.32. The van der Waals surface area contributed by atoms with Gasteiger partial charge >= 0.3 is 6.03 Å². The van der Waals surface area contributed by atoms with Gasteiger partial charge in [0.1, 0.15) is 0 Å². The summed E-state index contributed by atoms with van der Waals surface area (Å²) in [5, 5.41) is 10.4.